The molecule has 0 fully saturated rings. The Bertz CT molecular complexity index is 1150. The molecule has 2 heterocycles. The standard InChI is InChI=1S/C20H19BrN6O/c1-13(2)27-19-8-4-7-17(18(19)11-23-27)20(28)22-10-15-12-26(25-24-15)16-6-3-5-14(21)9-16/h3-9,11-13H,10H2,1-2H3,(H,22,28). The molecule has 8 heteroatoms. The third kappa shape index (κ3) is 3.55. The summed E-state index contributed by atoms with van der Waals surface area (Å²) in [4.78, 5) is 12.7. The van der Waals surface area contributed by atoms with Crippen LogP contribution in [-0.2, 0) is 6.54 Å². The van der Waals surface area contributed by atoms with Gasteiger partial charge in [0.1, 0.15) is 5.69 Å². The Morgan fingerprint density at radius 1 is 1.21 bits per heavy atom. The number of fused-ring (bicyclic) bond motifs is 1. The first-order chi connectivity index (χ1) is 13.5. The van der Waals surface area contributed by atoms with E-state index in [-0.39, 0.29) is 11.9 Å². The second-order valence-corrected chi connectivity index (χ2v) is 7.65. The maximum absolute atomic E-state index is 12.7. The molecule has 0 spiro atoms. The van der Waals surface area contributed by atoms with Gasteiger partial charge < -0.3 is 5.32 Å². The highest BCUT2D eigenvalue weighted by Crippen LogP contribution is 2.21. The smallest absolute Gasteiger partial charge is 0.252 e. The van der Waals surface area contributed by atoms with Crippen molar-refractivity contribution in [1.82, 2.24) is 30.1 Å². The van der Waals surface area contributed by atoms with E-state index >= 15 is 0 Å². The molecule has 0 aliphatic heterocycles. The summed E-state index contributed by atoms with van der Waals surface area (Å²) in [6.07, 6.45) is 3.55. The van der Waals surface area contributed by atoms with Crippen LogP contribution in [0.2, 0.25) is 0 Å². The van der Waals surface area contributed by atoms with Gasteiger partial charge in [-0.2, -0.15) is 5.10 Å². The van der Waals surface area contributed by atoms with Crippen molar-refractivity contribution in [3.05, 3.63) is 70.6 Å². The Morgan fingerprint density at radius 3 is 2.82 bits per heavy atom. The molecule has 0 atom stereocenters. The van der Waals surface area contributed by atoms with Gasteiger partial charge in [0.25, 0.3) is 5.91 Å². The molecule has 4 rings (SSSR count). The van der Waals surface area contributed by atoms with Crippen LogP contribution in [0.5, 0.6) is 0 Å². The second-order valence-electron chi connectivity index (χ2n) is 6.74. The van der Waals surface area contributed by atoms with Crippen LogP contribution in [0, 0.1) is 0 Å². The van der Waals surface area contributed by atoms with Gasteiger partial charge in [0.15, 0.2) is 0 Å². The number of hydrogen-bond donors (Lipinski definition) is 1. The molecular formula is C20H19BrN6O. The van der Waals surface area contributed by atoms with E-state index in [2.05, 4.69) is 50.5 Å². The zero-order chi connectivity index (χ0) is 19.7. The second kappa shape index (κ2) is 7.55. The molecule has 142 valence electrons. The summed E-state index contributed by atoms with van der Waals surface area (Å²) in [5.74, 6) is -0.161. The Labute approximate surface area is 170 Å². The average Bonchev–Trinajstić information content (AvgIpc) is 3.33. The van der Waals surface area contributed by atoms with Crippen LogP contribution in [0.4, 0.5) is 0 Å². The number of amides is 1. The van der Waals surface area contributed by atoms with Crippen molar-refractivity contribution in [2.24, 2.45) is 0 Å². The van der Waals surface area contributed by atoms with Gasteiger partial charge in [0, 0.05) is 15.9 Å². The SMILES string of the molecule is CC(C)n1ncc2c(C(=O)NCc3cn(-c4cccc(Br)c4)nn3)cccc21. The molecule has 2 aromatic carbocycles. The van der Waals surface area contributed by atoms with E-state index in [9.17, 15) is 4.79 Å². The molecule has 0 saturated carbocycles. The summed E-state index contributed by atoms with van der Waals surface area (Å²) in [6, 6.07) is 13.7. The number of carbonyl (C=O) groups is 1. The molecule has 28 heavy (non-hydrogen) atoms. The largest absolute Gasteiger partial charge is 0.346 e. The number of hydrogen-bond acceptors (Lipinski definition) is 4. The van der Waals surface area contributed by atoms with Crippen molar-refractivity contribution in [3.8, 4) is 5.69 Å². The maximum Gasteiger partial charge on any atom is 0.252 e. The first-order valence-electron chi connectivity index (χ1n) is 8.94. The summed E-state index contributed by atoms with van der Waals surface area (Å²) in [6.45, 7) is 4.42. The highest BCUT2D eigenvalue weighted by atomic mass is 79.9. The maximum atomic E-state index is 12.7. The van der Waals surface area contributed by atoms with Gasteiger partial charge in [-0.3, -0.25) is 9.48 Å². The first-order valence-corrected chi connectivity index (χ1v) is 9.74. The van der Waals surface area contributed by atoms with Crippen LogP contribution in [0.3, 0.4) is 0 Å². The predicted octanol–water partition coefficient (Wildman–Crippen LogP) is 3.89. The highest BCUT2D eigenvalue weighted by molar-refractivity contribution is 9.10. The fraction of sp³-hybridized carbons (Fsp3) is 0.200. The van der Waals surface area contributed by atoms with E-state index in [0.717, 1.165) is 21.1 Å². The quantitative estimate of drug-likeness (QED) is 0.512. The molecule has 0 bridgehead atoms. The number of nitrogens with zero attached hydrogens (tertiary/aromatic N) is 5. The summed E-state index contributed by atoms with van der Waals surface area (Å²) in [5, 5.41) is 16.4. The minimum Gasteiger partial charge on any atom is -0.346 e. The normalized spacial score (nSPS) is 11.3. The third-order valence-corrected chi connectivity index (χ3v) is 4.91. The Balaban J connectivity index is 1.50. The number of aromatic nitrogens is 5. The van der Waals surface area contributed by atoms with Crippen LogP contribution in [0.15, 0.2) is 59.3 Å². The number of benzene rings is 2. The topological polar surface area (TPSA) is 77.6 Å². The lowest BCUT2D eigenvalue weighted by Crippen LogP contribution is -2.23. The van der Waals surface area contributed by atoms with Gasteiger partial charge in [-0.1, -0.05) is 33.3 Å². The van der Waals surface area contributed by atoms with Crippen LogP contribution < -0.4 is 5.32 Å². The Kier molecular flexibility index (Phi) is 4.95. The van der Waals surface area contributed by atoms with E-state index in [1.807, 2.05) is 47.1 Å². The first kappa shape index (κ1) is 18.4. The summed E-state index contributed by atoms with van der Waals surface area (Å²) in [5.41, 5.74) is 3.12. The van der Waals surface area contributed by atoms with Crippen LogP contribution in [-0.4, -0.2) is 30.7 Å². The third-order valence-electron chi connectivity index (χ3n) is 4.42. The predicted molar refractivity (Wildman–Crippen MR) is 110 cm³/mol. The molecule has 1 amide bonds. The van der Waals surface area contributed by atoms with E-state index in [0.29, 0.717) is 17.8 Å². The molecule has 0 radical (unpaired) electrons. The fourth-order valence-electron chi connectivity index (χ4n) is 3.07. The molecule has 0 saturated heterocycles. The molecule has 0 unspecified atom stereocenters. The molecule has 2 aromatic heterocycles. The number of rotatable bonds is 5. The monoisotopic (exact) mass is 438 g/mol. The Hall–Kier alpha value is -3.00. The van der Waals surface area contributed by atoms with Gasteiger partial charge in [0.05, 0.1) is 35.7 Å². The Morgan fingerprint density at radius 2 is 2.04 bits per heavy atom. The van der Waals surface area contributed by atoms with Crippen molar-refractivity contribution in [2.45, 2.75) is 26.4 Å². The molecule has 4 aromatic rings. The van der Waals surface area contributed by atoms with E-state index in [1.54, 1.807) is 17.1 Å². The molecule has 0 aliphatic carbocycles. The zero-order valence-corrected chi connectivity index (χ0v) is 17.1. The van der Waals surface area contributed by atoms with Crippen molar-refractivity contribution >= 4 is 32.7 Å². The lowest BCUT2D eigenvalue weighted by atomic mass is 10.1. The van der Waals surface area contributed by atoms with Crippen molar-refractivity contribution in [3.63, 3.8) is 0 Å². The van der Waals surface area contributed by atoms with Crippen molar-refractivity contribution in [1.29, 1.82) is 0 Å². The van der Waals surface area contributed by atoms with Gasteiger partial charge >= 0.3 is 0 Å². The summed E-state index contributed by atoms with van der Waals surface area (Å²) in [7, 11) is 0. The molecule has 0 aliphatic rings. The molecule has 1 N–H and O–H groups in total. The van der Waals surface area contributed by atoms with E-state index < -0.39 is 0 Å². The van der Waals surface area contributed by atoms with Gasteiger partial charge in [-0.15, -0.1) is 5.10 Å². The number of carbonyl (C=O) groups excluding carboxylic acids is 1. The molecular weight excluding hydrogens is 420 g/mol. The highest BCUT2D eigenvalue weighted by Gasteiger charge is 2.14. The van der Waals surface area contributed by atoms with Crippen molar-refractivity contribution < 1.29 is 4.79 Å². The lowest BCUT2D eigenvalue weighted by molar-refractivity contribution is 0.0952. The number of nitrogens with one attached hydrogen (secondary N) is 1. The number of halogens is 1. The van der Waals surface area contributed by atoms with Crippen LogP contribution in [0.1, 0.15) is 35.9 Å². The van der Waals surface area contributed by atoms with Crippen LogP contribution >= 0.6 is 15.9 Å². The summed E-state index contributed by atoms with van der Waals surface area (Å²) < 4.78 is 4.56. The van der Waals surface area contributed by atoms with Crippen molar-refractivity contribution in [2.75, 3.05) is 0 Å². The minimum absolute atomic E-state index is 0.161. The average molecular weight is 439 g/mol. The molecule has 7 nitrogen and oxygen atoms in total. The lowest BCUT2D eigenvalue weighted by Gasteiger charge is -2.08. The van der Waals surface area contributed by atoms with Gasteiger partial charge in [-0.25, -0.2) is 4.68 Å². The van der Waals surface area contributed by atoms with Crippen LogP contribution in [0.25, 0.3) is 16.6 Å². The van der Waals surface area contributed by atoms with E-state index in [1.165, 1.54) is 0 Å². The fourth-order valence-corrected chi connectivity index (χ4v) is 3.46. The summed E-state index contributed by atoms with van der Waals surface area (Å²) >= 11 is 3.45. The minimum atomic E-state index is -0.161. The van der Waals surface area contributed by atoms with E-state index in [4.69, 9.17) is 0 Å². The zero-order valence-electron chi connectivity index (χ0n) is 15.5. The van der Waals surface area contributed by atoms with Gasteiger partial charge in [0.2, 0.25) is 0 Å². The van der Waals surface area contributed by atoms with Gasteiger partial charge in [-0.05, 0) is 44.2 Å².